The molecule has 5 nitrogen and oxygen atoms in total. The number of nitrogens with one attached hydrogen (secondary N) is 2. The van der Waals surface area contributed by atoms with Crippen LogP contribution in [0.1, 0.15) is 74.6 Å². The van der Waals surface area contributed by atoms with E-state index in [-0.39, 0.29) is 17.7 Å². The molecule has 2 N–H and O–H groups in total. The predicted octanol–water partition coefficient (Wildman–Crippen LogP) is 3.89. The molecule has 0 spiro atoms. The van der Waals surface area contributed by atoms with Crippen molar-refractivity contribution in [1.82, 2.24) is 10.6 Å². The molecular formula is C23H30N2O3. The lowest BCUT2D eigenvalue weighted by molar-refractivity contribution is -0.127. The van der Waals surface area contributed by atoms with Gasteiger partial charge in [0, 0.05) is 18.3 Å². The first-order valence-electron chi connectivity index (χ1n) is 10.8. The number of carbonyl (C=O) groups is 2. The van der Waals surface area contributed by atoms with Crippen LogP contribution in [0.2, 0.25) is 0 Å². The first-order valence-corrected chi connectivity index (χ1v) is 10.8. The Morgan fingerprint density at radius 2 is 1.57 bits per heavy atom. The summed E-state index contributed by atoms with van der Waals surface area (Å²) < 4.78 is 6.02. The Balaban J connectivity index is 1.55. The Morgan fingerprint density at radius 3 is 2.29 bits per heavy atom. The lowest BCUT2D eigenvalue weighted by Crippen LogP contribution is -2.48. The first-order chi connectivity index (χ1) is 13.7. The van der Waals surface area contributed by atoms with Gasteiger partial charge in [-0.3, -0.25) is 9.59 Å². The molecule has 2 aliphatic carbocycles. The number of fused-ring (bicyclic) bond motifs is 1. The topological polar surface area (TPSA) is 67.4 Å². The molecule has 0 saturated heterocycles. The molecule has 0 aromatic heterocycles. The Labute approximate surface area is 166 Å². The van der Waals surface area contributed by atoms with E-state index in [4.69, 9.17) is 4.74 Å². The Kier molecular flexibility index (Phi) is 5.98. The van der Waals surface area contributed by atoms with Gasteiger partial charge in [0.25, 0.3) is 5.91 Å². The average molecular weight is 383 g/mol. The second kappa shape index (κ2) is 8.80. The van der Waals surface area contributed by atoms with Crippen LogP contribution in [0, 0.1) is 0 Å². The van der Waals surface area contributed by atoms with Crippen molar-refractivity contribution in [1.29, 1.82) is 0 Å². The quantitative estimate of drug-likeness (QED) is 0.776. The molecule has 1 aliphatic heterocycles. The van der Waals surface area contributed by atoms with Crippen molar-refractivity contribution in [2.45, 2.75) is 82.4 Å². The largest absolute Gasteiger partial charge is 0.475 e. The van der Waals surface area contributed by atoms with E-state index in [2.05, 4.69) is 10.6 Å². The number of rotatable bonds is 4. The number of Topliss-reactive ketones (excluding diaryl/α,β-unsaturated/α-hetero) is 1. The SMILES string of the molecule is O=C1/C(=C\NC2CCCCC2)C(C(=O)NC2CCCCC2)Oc2ccccc21. The van der Waals surface area contributed by atoms with Gasteiger partial charge < -0.3 is 15.4 Å². The van der Waals surface area contributed by atoms with Crippen LogP contribution in [-0.4, -0.2) is 29.9 Å². The molecule has 4 rings (SSSR count). The van der Waals surface area contributed by atoms with Crippen LogP contribution in [0.5, 0.6) is 5.75 Å². The van der Waals surface area contributed by atoms with Gasteiger partial charge in [-0.25, -0.2) is 0 Å². The number of hydrogen-bond donors (Lipinski definition) is 2. The van der Waals surface area contributed by atoms with Gasteiger partial charge in [-0.1, -0.05) is 50.7 Å². The van der Waals surface area contributed by atoms with Crippen LogP contribution >= 0.6 is 0 Å². The van der Waals surface area contributed by atoms with Gasteiger partial charge in [0.1, 0.15) is 5.75 Å². The molecule has 0 bridgehead atoms. The van der Waals surface area contributed by atoms with E-state index in [0.717, 1.165) is 38.5 Å². The van der Waals surface area contributed by atoms with E-state index < -0.39 is 6.10 Å². The summed E-state index contributed by atoms with van der Waals surface area (Å²) in [5, 5.41) is 6.52. The third kappa shape index (κ3) is 4.23. The molecule has 150 valence electrons. The van der Waals surface area contributed by atoms with Gasteiger partial charge in [0.05, 0.1) is 11.1 Å². The minimum atomic E-state index is -0.889. The van der Waals surface area contributed by atoms with Crippen molar-refractivity contribution >= 4 is 11.7 Å². The van der Waals surface area contributed by atoms with Crippen molar-refractivity contribution in [3.63, 3.8) is 0 Å². The summed E-state index contributed by atoms with van der Waals surface area (Å²) in [4.78, 5) is 26.2. The molecule has 28 heavy (non-hydrogen) atoms. The summed E-state index contributed by atoms with van der Waals surface area (Å²) >= 11 is 0. The number of amides is 1. The van der Waals surface area contributed by atoms with Gasteiger partial charge in [0.2, 0.25) is 6.10 Å². The monoisotopic (exact) mass is 382 g/mol. The molecule has 2 saturated carbocycles. The second-order valence-corrected chi connectivity index (χ2v) is 8.27. The summed E-state index contributed by atoms with van der Waals surface area (Å²) in [6.07, 6.45) is 12.3. The van der Waals surface area contributed by atoms with Crippen LogP contribution in [0.15, 0.2) is 36.0 Å². The highest BCUT2D eigenvalue weighted by molar-refractivity contribution is 6.15. The summed E-state index contributed by atoms with van der Waals surface area (Å²) in [5.41, 5.74) is 0.943. The smallest absolute Gasteiger partial charge is 0.266 e. The van der Waals surface area contributed by atoms with Gasteiger partial charge in [-0.05, 0) is 37.8 Å². The summed E-state index contributed by atoms with van der Waals surface area (Å²) in [7, 11) is 0. The average Bonchev–Trinajstić information content (AvgIpc) is 2.74. The molecule has 1 atom stereocenters. The fourth-order valence-corrected chi connectivity index (χ4v) is 4.56. The molecule has 3 aliphatic rings. The Morgan fingerprint density at radius 1 is 0.929 bits per heavy atom. The van der Waals surface area contributed by atoms with Gasteiger partial charge >= 0.3 is 0 Å². The third-order valence-corrected chi connectivity index (χ3v) is 6.19. The normalized spacial score (nSPS) is 25.1. The summed E-state index contributed by atoms with van der Waals surface area (Å²) in [6, 6.07) is 7.74. The van der Waals surface area contributed by atoms with Gasteiger partial charge in [-0.15, -0.1) is 0 Å². The molecule has 2 fully saturated rings. The van der Waals surface area contributed by atoms with E-state index >= 15 is 0 Å². The number of benzene rings is 1. The number of hydrogen-bond acceptors (Lipinski definition) is 4. The van der Waals surface area contributed by atoms with E-state index in [1.165, 1.54) is 25.7 Å². The fourth-order valence-electron chi connectivity index (χ4n) is 4.56. The maximum absolute atomic E-state index is 13.1. The maximum atomic E-state index is 13.1. The van der Waals surface area contributed by atoms with E-state index in [1.54, 1.807) is 18.3 Å². The van der Waals surface area contributed by atoms with Crippen molar-refractivity contribution < 1.29 is 14.3 Å². The molecule has 1 heterocycles. The number of ether oxygens (including phenoxy) is 1. The molecule has 1 unspecified atom stereocenters. The van der Waals surface area contributed by atoms with Crippen molar-refractivity contribution in [3.8, 4) is 5.75 Å². The van der Waals surface area contributed by atoms with Gasteiger partial charge in [0.15, 0.2) is 5.78 Å². The maximum Gasteiger partial charge on any atom is 0.266 e. The van der Waals surface area contributed by atoms with Crippen molar-refractivity contribution in [2.75, 3.05) is 0 Å². The first kappa shape index (κ1) is 19.0. The third-order valence-electron chi connectivity index (χ3n) is 6.19. The van der Waals surface area contributed by atoms with Crippen molar-refractivity contribution in [3.05, 3.63) is 41.6 Å². The molecule has 1 aromatic carbocycles. The summed E-state index contributed by atoms with van der Waals surface area (Å²) in [5.74, 6) is 0.173. The number of carbonyl (C=O) groups excluding carboxylic acids is 2. The zero-order chi connectivity index (χ0) is 19.3. The van der Waals surface area contributed by atoms with E-state index in [0.29, 0.717) is 22.9 Å². The lowest BCUT2D eigenvalue weighted by atomic mass is 9.92. The molecule has 5 heteroatoms. The molecular weight excluding hydrogens is 352 g/mol. The Hall–Kier alpha value is -2.30. The van der Waals surface area contributed by atoms with E-state index in [1.807, 2.05) is 12.1 Å². The minimum absolute atomic E-state index is 0.117. The zero-order valence-corrected chi connectivity index (χ0v) is 16.4. The molecule has 1 amide bonds. The second-order valence-electron chi connectivity index (χ2n) is 8.27. The lowest BCUT2D eigenvalue weighted by Gasteiger charge is -2.30. The molecule has 1 aromatic rings. The highest BCUT2D eigenvalue weighted by Crippen LogP contribution is 2.31. The van der Waals surface area contributed by atoms with E-state index in [9.17, 15) is 9.59 Å². The van der Waals surface area contributed by atoms with Gasteiger partial charge in [-0.2, -0.15) is 0 Å². The van der Waals surface area contributed by atoms with Crippen LogP contribution in [-0.2, 0) is 4.79 Å². The molecule has 0 radical (unpaired) electrons. The number of para-hydroxylation sites is 1. The minimum Gasteiger partial charge on any atom is -0.475 e. The van der Waals surface area contributed by atoms with Crippen LogP contribution in [0.4, 0.5) is 0 Å². The number of ketones is 1. The highest BCUT2D eigenvalue weighted by Gasteiger charge is 2.37. The Bertz CT molecular complexity index is 746. The zero-order valence-electron chi connectivity index (χ0n) is 16.4. The van der Waals surface area contributed by atoms with Crippen LogP contribution in [0.25, 0.3) is 0 Å². The highest BCUT2D eigenvalue weighted by atomic mass is 16.5. The van der Waals surface area contributed by atoms with Crippen LogP contribution in [0.3, 0.4) is 0 Å². The van der Waals surface area contributed by atoms with Crippen LogP contribution < -0.4 is 15.4 Å². The fraction of sp³-hybridized carbons (Fsp3) is 0.565. The predicted molar refractivity (Wildman–Crippen MR) is 108 cm³/mol. The summed E-state index contributed by atoms with van der Waals surface area (Å²) in [6.45, 7) is 0. The van der Waals surface area contributed by atoms with Crippen molar-refractivity contribution in [2.24, 2.45) is 0 Å². The standard InChI is InChI=1S/C23H30N2O3/c26-21-18-13-7-8-14-20(18)28-22(23(27)25-17-11-5-2-6-12-17)19(21)15-24-16-9-3-1-4-10-16/h7-8,13-17,22,24H,1-6,9-12H2,(H,25,27)/b19-15+.